The molecule has 0 radical (unpaired) electrons. The van der Waals surface area contributed by atoms with Crippen molar-refractivity contribution in [3.05, 3.63) is 64.1 Å². The quantitative estimate of drug-likeness (QED) is 0.203. The molecule has 0 aliphatic heterocycles. The van der Waals surface area contributed by atoms with Crippen LogP contribution < -0.4 is 0 Å². The third kappa shape index (κ3) is 5.43. The SMILES string of the molecule is CCOP(=O)(OCC)C(F)(F)c1ccc(CSc2nnc(-c3ccccc3)o2)cc1Br. The van der Waals surface area contributed by atoms with E-state index in [0.29, 0.717) is 16.9 Å². The zero-order chi connectivity index (χ0) is 22.5. The van der Waals surface area contributed by atoms with Crippen LogP contribution in [0.3, 0.4) is 0 Å². The Morgan fingerprint density at radius 1 is 1.10 bits per heavy atom. The summed E-state index contributed by atoms with van der Waals surface area (Å²) in [4.78, 5) is 0. The van der Waals surface area contributed by atoms with Gasteiger partial charge >= 0.3 is 13.3 Å². The van der Waals surface area contributed by atoms with Gasteiger partial charge in [0, 0.05) is 21.4 Å². The molecule has 0 spiro atoms. The minimum atomic E-state index is -4.68. The van der Waals surface area contributed by atoms with Crippen molar-refractivity contribution in [2.24, 2.45) is 0 Å². The van der Waals surface area contributed by atoms with E-state index < -0.39 is 18.8 Å². The lowest BCUT2D eigenvalue weighted by Crippen LogP contribution is -2.19. The Bertz CT molecular complexity index is 1060. The Balaban J connectivity index is 1.74. The fraction of sp³-hybridized carbons (Fsp3) is 0.300. The number of nitrogens with zero attached hydrogens (tertiary/aromatic N) is 2. The van der Waals surface area contributed by atoms with Crippen molar-refractivity contribution in [1.82, 2.24) is 10.2 Å². The lowest BCUT2D eigenvalue weighted by molar-refractivity contribution is 0.0354. The molecular formula is C20H20BrF2N2O4PS. The van der Waals surface area contributed by atoms with E-state index in [1.807, 2.05) is 30.3 Å². The summed E-state index contributed by atoms with van der Waals surface area (Å²) in [5.41, 5.74) is -2.72. The van der Waals surface area contributed by atoms with Gasteiger partial charge in [-0.2, -0.15) is 8.78 Å². The summed E-state index contributed by atoms with van der Waals surface area (Å²) in [6.07, 6.45) is 0. The Kier molecular flexibility index (Phi) is 8.04. The van der Waals surface area contributed by atoms with Gasteiger partial charge in [-0.15, -0.1) is 10.2 Å². The van der Waals surface area contributed by atoms with E-state index in [4.69, 9.17) is 13.5 Å². The molecule has 11 heteroatoms. The van der Waals surface area contributed by atoms with Crippen molar-refractivity contribution >= 4 is 35.3 Å². The van der Waals surface area contributed by atoms with E-state index >= 15 is 8.78 Å². The second-order valence-corrected chi connectivity index (χ2v) is 10.1. The topological polar surface area (TPSA) is 74.5 Å². The summed E-state index contributed by atoms with van der Waals surface area (Å²) >= 11 is 4.45. The van der Waals surface area contributed by atoms with Crippen molar-refractivity contribution in [2.75, 3.05) is 13.2 Å². The third-order valence-corrected chi connectivity index (χ3v) is 7.76. The standard InChI is InChI=1S/C20H20BrF2N2O4PS/c1-3-27-30(26,28-4-2)20(22,23)16-11-10-14(12-17(16)21)13-31-19-25-24-18(29-19)15-8-6-5-7-9-15/h5-12H,3-4,13H2,1-2H3. The fourth-order valence-corrected chi connectivity index (χ4v) is 5.79. The maximum Gasteiger partial charge on any atom is 0.404 e. The van der Waals surface area contributed by atoms with E-state index in [9.17, 15) is 4.57 Å². The molecule has 0 fully saturated rings. The number of benzene rings is 2. The molecule has 166 valence electrons. The van der Waals surface area contributed by atoms with Crippen molar-refractivity contribution < 1.29 is 26.8 Å². The number of alkyl halides is 2. The summed E-state index contributed by atoms with van der Waals surface area (Å²) in [7, 11) is -4.68. The van der Waals surface area contributed by atoms with Gasteiger partial charge in [0.1, 0.15) is 0 Å². The molecule has 0 atom stereocenters. The summed E-state index contributed by atoms with van der Waals surface area (Å²) in [6.45, 7) is 2.65. The van der Waals surface area contributed by atoms with E-state index in [1.54, 1.807) is 0 Å². The average molecular weight is 533 g/mol. The lowest BCUT2D eigenvalue weighted by atomic mass is 10.1. The Morgan fingerprint density at radius 2 is 1.77 bits per heavy atom. The third-order valence-electron chi connectivity index (χ3n) is 4.09. The largest absolute Gasteiger partial charge is 0.411 e. The van der Waals surface area contributed by atoms with Crippen LogP contribution in [0.2, 0.25) is 0 Å². The second kappa shape index (κ2) is 10.4. The first-order valence-electron chi connectivity index (χ1n) is 9.38. The smallest absolute Gasteiger partial charge is 0.404 e. The molecule has 0 N–H and O–H groups in total. The summed E-state index contributed by atoms with van der Waals surface area (Å²) in [5, 5.41) is 8.39. The second-order valence-electron chi connectivity index (χ2n) is 6.22. The minimum Gasteiger partial charge on any atom is -0.411 e. The van der Waals surface area contributed by atoms with Crippen LogP contribution in [-0.2, 0) is 25.0 Å². The molecule has 0 aliphatic rings. The molecule has 3 aromatic rings. The lowest BCUT2D eigenvalue weighted by Gasteiger charge is -2.26. The first-order valence-corrected chi connectivity index (χ1v) is 12.7. The molecular weight excluding hydrogens is 513 g/mol. The highest BCUT2D eigenvalue weighted by molar-refractivity contribution is 9.10. The van der Waals surface area contributed by atoms with E-state index in [0.717, 1.165) is 11.1 Å². The molecule has 0 unspecified atom stereocenters. The fourth-order valence-electron chi connectivity index (χ4n) is 2.69. The van der Waals surface area contributed by atoms with Crippen LogP contribution in [0.15, 0.2) is 62.6 Å². The summed E-state index contributed by atoms with van der Waals surface area (Å²) in [6, 6.07) is 13.6. The highest BCUT2D eigenvalue weighted by Gasteiger charge is 2.55. The van der Waals surface area contributed by atoms with Gasteiger partial charge in [0.15, 0.2) is 0 Å². The van der Waals surface area contributed by atoms with Gasteiger partial charge in [0.05, 0.1) is 13.2 Å². The number of aromatic nitrogens is 2. The van der Waals surface area contributed by atoms with Crippen LogP contribution in [0.5, 0.6) is 0 Å². The predicted octanol–water partition coefficient (Wildman–Crippen LogP) is 7.11. The normalized spacial score (nSPS) is 12.3. The number of hydrogen-bond acceptors (Lipinski definition) is 7. The van der Waals surface area contributed by atoms with Crippen molar-refractivity contribution in [3.63, 3.8) is 0 Å². The molecule has 31 heavy (non-hydrogen) atoms. The number of rotatable bonds is 10. The molecule has 1 aromatic heterocycles. The molecule has 1 heterocycles. The molecule has 2 aromatic carbocycles. The highest BCUT2D eigenvalue weighted by Crippen LogP contribution is 2.67. The Morgan fingerprint density at radius 3 is 2.39 bits per heavy atom. The van der Waals surface area contributed by atoms with E-state index in [1.165, 1.54) is 43.8 Å². The maximum atomic E-state index is 15.0. The first-order chi connectivity index (χ1) is 14.8. The molecule has 6 nitrogen and oxygen atoms in total. The van der Waals surface area contributed by atoms with Crippen LogP contribution in [0.1, 0.15) is 25.0 Å². The summed E-state index contributed by atoms with van der Waals surface area (Å²) < 4.78 is 58.1. The number of thioether (sulfide) groups is 1. The van der Waals surface area contributed by atoms with Gasteiger partial charge in [-0.3, -0.25) is 4.57 Å². The minimum absolute atomic E-state index is 0.103. The highest BCUT2D eigenvalue weighted by atomic mass is 79.9. The number of hydrogen-bond donors (Lipinski definition) is 0. The monoisotopic (exact) mass is 532 g/mol. The van der Waals surface area contributed by atoms with Gasteiger partial charge in [-0.05, 0) is 37.6 Å². The summed E-state index contributed by atoms with van der Waals surface area (Å²) in [5.74, 6) is 0.817. The molecule has 0 amide bonds. The Hall–Kier alpha value is -1.58. The first kappa shape index (κ1) is 24.1. The van der Waals surface area contributed by atoms with Crippen molar-refractivity contribution in [2.45, 2.75) is 30.5 Å². The zero-order valence-corrected chi connectivity index (χ0v) is 20.1. The predicted molar refractivity (Wildman–Crippen MR) is 118 cm³/mol. The van der Waals surface area contributed by atoms with Crippen LogP contribution >= 0.6 is 35.3 Å². The molecule has 0 saturated heterocycles. The molecule has 0 bridgehead atoms. The van der Waals surface area contributed by atoms with Gasteiger partial charge in [-0.25, -0.2) is 0 Å². The Labute approximate surface area is 191 Å². The van der Waals surface area contributed by atoms with Crippen LogP contribution in [0.25, 0.3) is 11.5 Å². The van der Waals surface area contributed by atoms with Gasteiger partial charge < -0.3 is 13.5 Å². The van der Waals surface area contributed by atoms with Crippen LogP contribution in [0.4, 0.5) is 8.78 Å². The molecule has 3 rings (SSSR count). The maximum absolute atomic E-state index is 15.0. The molecule has 0 aliphatic carbocycles. The van der Waals surface area contributed by atoms with E-state index in [-0.39, 0.29) is 17.7 Å². The zero-order valence-electron chi connectivity index (χ0n) is 16.8. The average Bonchev–Trinajstić information content (AvgIpc) is 3.22. The van der Waals surface area contributed by atoms with Crippen molar-refractivity contribution in [3.8, 4) is 11.5 Å². The van der Waals surface area contributed by atoms with Crippen LogP contribution in [-0.4, -0.2) is 23.4 Å². The molecule has 0 saturated carbocycles. The van der Waals surface area contributed by atoms with Gasteiger partial charge in [0.25, 0.3) is 5.22 Å². The van der Waals surface area contributed by atoms with Crippen molar-refractivity contribution in [1.29, 1.82) is 0 Å². The van der Waals surface area contributed by atoms with E-state index in [2.05, 4.69) is 26.1 Å². The number of halogens is 3. The van der Waals surface area contributed by atoms with Crippen LogP contribution in [0, 0.1) is 0 Å². The van der Waals surface area contributed by atoms with Gasteiger partial charge in [0.2, 0.25) is 5.89 Å². The van der Waals surface area contributed by atoms with Gasteiger partial charge in [-0.1, -0.05) is 58.0 Å².